The molecule has 0 saturated heterocycles. The highest BCUT2D eigenvalue weighted by Crippen LogP contribution is 1.99. The highest BCUT2D eigenvalue weighted by atomic mass is 13.9. The number of allylic oxidation sites excluding steroid dienone is 2. The predicted octanol–water partition coefficient (Wildman–Crippen LogP) is 4.17. The lowest BCUT2D eigenvalue weighted by Gasteiger charge is -1.89. The van der Waals surface area contributed by atoms with Crippen molar-refractivity contribution in [3.8, 4) is 11.8 Å². The fourth-order valence-electron chi connectivity index (χ4n) is 1.30. The minimum absolute atomic E-state index is 1.08. The normalized spacial score (nSPS) is 9.93. The molecule has 15 heavy (non-hydrogen) atoms. The Hall–Kier alpha value is -1.48. The van der Waals surface area contributed by atoms with E-state index < -0.39 is 0 Å². The molecule has 78 valence electrons. The van der Waals surface area contributed by atoms with Gasteiger partial charge in [0.25, 0.3) is 0 Å². The molecule has 0 aliphatic heterocycles. The minimum Gasteiger partial charge on any atom is -0.0761 e. The second kappa shape index (κ2) is 7.88. The van der Waals surface area contributed by atoms with Crippen molar-refractivity contribution < 1.29 is 0 Å². The monoisotopic (exact) mass is 198 g/mol. The van der Waals surface area contributed by atoms with Crippen LogP contribution >= 0.6 is 0 Å². The van der Waals surface area contributed by atoms with Gasteiger partial charge in [0.2, 0.25) is 0 Å². The second-order valence-corrected chi connectivity index (χ2v) is 3.53. The number of hydrogen-bond donors (Lipinski definition) is 0. The number of benzene rings is 1. The van der Waals surface area contributed by atoms with Gasteiger partial charge in [-0.3, -0.25) is 0 Å². The molecule has 0 radical (unpaired) electrons. The summed E-state index contributed by atoms with van der Waals surface area (Å²) in [6.45, 7) is 2.22. The highest BCUT2D eigenvalue weighted by Gasteiger charge is 1.81. The molecule has 0 heteroatoms. The van der Waals surface area contributed by atoms with E-state index in [2.05, 4.69) is 24.8 Å². The summed E-state index contributed by atoms with van der Waals surface area (Å²) in [6.07, 6.45) is 9.14. The molecule has 0 spiro atoms. The molecule has 0 bridgehead atoms. The van der Waals surface area contributed by atoms with Gasteiger partial charge in [-0.25, -0.2) is 0 Å². The molecule has 1 rings (SSSR count). The van der Waals surface area contributed by atoms with Crippen molar-refractivity contribution >= 4 is 0 Å². The summed E-state index contributed by atoms with van der Waals surface area (Å²) in [4.78, 5) is 0. The predicted molar refractivity (Wildman–Crippen MR) is 66.6 cm³/mol. The maximum atomic E-state index is 3.10. The Morgan fingerprint density at radius 2 is 1.93 bits per heavy atom. The van der Waals surface area contributed by atoms with E-state index in [1.165, 1.54) is 19.3 Å². The fraction of sp³-hybridized carbons (Fsp3) is 0.333. The minimum atomic E-state index is 1.08. The molecule has 0 aliphatic carbocycles. The zero-order valence-corrected chi connectivity index (χ0v) is 9.37. The Morgan fingerprint density at radius 1 is 1.13 bits per heavy atom. The van der Waals surface area contributed by atoms with Crippen LogP contribution in [-0.4, -0.2) is 0 Å². The Balaban J connectivity index is 2.28. The smallest absolute Gasteiger partial charge is 0.0248 e. The lowest BCUT2D eigenvalue weighted by atomic mass is 10.2. The molecule has 0 aliphatic rings. The van der Waals surface area contributed by atoms with E-state index in [1.807, 2.05) is 36.4 Å². The molecule has 1 aromatic rings. The summed E-state index contributed by atoms with van der Waals surface area (Å²) in [5, 5.41) is 0. The molecular weight excluding hydrogens is 180 g/mol. The van der Waals surface area contributed by atoms with E-state index in [-0.39, 0.29) is 0 Å². The van der Waals surface area contributed by atoms with Gasteiger partial charge >= 0.3 is 0 Å². The first kappa shape index (κ1) is 11.6. The van der Waals surface area contributed by atoms with Crippen LogP contribution in [0.4, 0.5) is 0 Å². The Kier molecular flexibility index (Phi) is 6.09. The van der Waals surface area contributed by atoms with Crippen LogP contribution in [0.2, 0.25) is 0 Å². The van der Waals surface area contributed by atoms with Gasteiger partial charge in [-0.05, 0) is 31.1 Å². The first-order valence-electron chi connectivity index (χ1n) is 5.65. The summed E-state index contributed by atoms with van der Waals surface area (Å²) in [5.74, 6) is 6.15. The van der Waals surface area contributed by atoms with E-state index in [0.29, 0.717) is 0 Å². The van der Waals surface area contributed by atoms with Gasteiger partial charge in [0.05, 0.1) is 0 Å². The van der Waals surface area contributed by atoms with Gasteiger partial charge in [-0.1, -0.05) is 55.9 Å². The van der Waals surface area contributed by atoms with E-state index in [0.717, 1.165) is 12.0 Å². The van der Waals surface area contributed by atoms with Gasteiger partial charge in [-0.15, -0.1) is 0 Å². The lowest BCUT2D eigenvalue weighted by molar-refractivity contribution is 0.729. The third-order valence-corrected chi connectivity index (χ3v) is 2.17. The average Bonchev–Trinajstić information content (AvgIpc) is 2.29. The molecule has 0 fully saturated rings. The third kappa shape index (κ3) is 5.75. The van der Waals surface area contributed by atoms with Gasteiger partial charge in [0, 0.05) is 5.56 Å². The summed E-state index contributed by atoms with van der Waals surface area (Å²) >= 11 is 0. The van der Waals surface area contributed by atoms with Crippen molar-refractivity contribution in [2.75, 3.05) is 0 Å². The molecular formula is C15H18. The Bertz CT molecular complexity index is 335. The summed E-state index contributed by atoms with van der Waals surface area (Å²) in [5.41, 5.74) is 1.08. The van der Waals surface area contributed by atoms with Crippen molar-refractivity contribution in [2.24, 2.45) is 0 Å². The number of hydrogen-bond acceptors (Lipinski definition) is 0. The standard InChI is InChI=1S/C15H18/c1-2-3-4-5-6-7-9-12-15-13-10-8-11-14-15/h6-8,10-11,13-14H,2-5H2,1H3/b7-6-. The van der Waals surface area contributed by atoms with E-state index in [4.69, 9.17) is 0 Å². The SMILES string of the molecule is CCCCC/C=C\C#Cc1ccccc1. The zero-order valence-electron chi connectivity index (χ0n) is 9.37. The zero-order chi connectivity index (χ0) is 10.8. The average molecular weight is 198 g/mol. The van der Waals surface area contributed by atoms with E-state index in [9.17, 15) is 0 Å². The molecule has 0 aromatic heterocycles. The second-order valence-electron chi connectivity index (χ2n) is 3.53. The lowest BCUT2D eigenvalue weighted by Crippen LogP contribution is -1.71. The molecule has 0 atom stereocenters. The summed E-state index contributed by atoms with van der Waals surface area (Å²) in [7, 11) is 0. The van der Waals surface area contributed by atoms with Crippen molar-refractivity contribution in [3.05, 3.63) is 48.0 Å². The van der Waals surface area contributed by atoms with E-state index in [1.54, 1.807) is 0 Å². The maximum Gasteiger partial charge on any atom is 0.0248 e. The quantitative estimate of drug-likeness (QED) is 0.503. The number of unbranched alkanes of at least 4 members (excludes halogenated alkanes) is 3. The van der Waals surface area contributed by atoms with Crippen LogP contribution < -0.4 is 0 Å². The first-order valence-corrected chi connectivity index (χ1v) is 5.65. The van der Waals surface area contributed by atoms with Crippen LogP contribution in [0.1, 0.15) is 38.2 Å². The molecule has 1 aromatic carbocycles. The summed E-state index contributed by atoms with van der Waals surface area (Å²) < 4.78 is 0. The van der Waals surface area contributed by atoms with Crippen LogP contribution in [0.3, 0.4) is 0 Å². The Labute approximate surface area is 93.0 Å². The summed E-state index contributed by atoms with van der Waals surface area (Å²) in [6, 6.07) is 10.1. The maximum absolute atomic E-state index is 3.10. The molecule has 0 N–H and O–H groups in total. The van der Waals surface area contributed by atoms with Gasteiger partial charge in [-0.2, -0.15) is 0 Å². The van der Waals surface area contributed by atoms with Gasteiger partial charge in [0.15, 0.2) is 0 Å². The topological polar surface area (TPSA) is 0 Å². The molecule has 0 amide bonds. The van der Waals surface area contributed by atoms with Crippen LogP contribution in [0, 0.1) is 11.8 Å². The largest absolute Gasteiger partial charge is 0.0761 e. The van der Waals surface area contributed by atoms with Crippen LogP contribution in [0.5, 0.6) is 0 Å². The number of rotatable bonds is 4. The van der Waals surface area contributed by atoms with Gasteiger partial charge in [0.1, 0.15) is 0 Å². The van der Waals surface area contributed by atoms with Crippen molar-refractivity contribution in [1.29, 1.82) is 0 Å². The molecule has 0 unspecified atom stereocenters. The third-order valence-electron chi connectivity index (χ3n) is 2.17. The molecule has 0 heterocycles. The first-order chi connectivity index (χ1) is 7.43. The van der Waals surface area contributed by atoms with Crippen molar-refractivity contribution in [1.82, 2.24) is 0 Å². The van der Waals surface area contributed by atoms with Crippen molar-refractivity contribution in [2.45, 2.75) is 32.6 Å². The Morgan fingerprint density at radius 3 is 2.67 bits per heavy atom. The van der Waals surface area contributed by atoms with Crippen LogP contribution in [0.25, 0.3) is 0 Å². The van der Waals surface area contributed by atoms with Crippen LogP contribution in [0.15, 0.2) is 42.5 Å². The van der Waals surface area contributed by atoms with Crippen molar-refractivity contribution in [3.63, 3.8) is 0 Å². The highest BCUT2D eigenvalue weighted by molar-refractivity contribution is 5.36. The van der Waals surface area contributed by atoms with E-state index >= 15 is 0 Å². The van der Waals surface area contributed by atoms with Gasteiger partial charge < -0.3 is 0 Å². The van der Waals surface area contributed by atoms with Crippen LogP contribution in [-0.2, 0) is 0 Å². The molecule has 0 saturated carbocycles. The fourth-order valence-corrected chi connectivity index (χ4v) is 1.30. The molecule has 0 nitrogen and oxygen atoms in total.